The zero-order valence-electron chi connectivity index (χ0n) is 11.7. The minimum Gasteiger partial charge on any atom is -0.351 e. The van der Waals surface area contributed by atoms with Crippen molar-refractivity contribution < 1.29 is 4.79 Å². The van der Waals surface area contributed by atoms with E-state index < -0.39 is 0 Å². The lowest BCUT2D eigenvalue weighted by Crippen LogP contribution is -2.43. The highest BCUT2D eigenvalue weighted by atomic mass is 16.1. The molecule has 1 aliphatic carbocycles. The molecule has 0 bridgehead atoms. The minimum absolute atomic E-state index is 0.0782. The maximum absolute atomic E-state index is 11.7. The van der Waals surface area contributed by atoms with E-state index in [9.17, 15) is 4.79 Å². The molecular weight excluding hydrogens is 236 g/mol. The van der Waals surface area contributed by atoms with Gasteiger partial charge >= 0.3 is 0 Å². The van der Waals surface area contributed by atoms with Crippen molar-refractivity contribution in [2.75, 3.05) is 13.1 Å². The van der Waals surface area contributed by atoms with E-state index in [-0.39, 0.29) is 5.91 Å². The first-order valence-electron chi connectivity index (χ1n) is 7.25. The number of hydrogen-bond donors (Lipinski definition) is 2. The Bertz CT molecular complexity index is 393. The van der Waals surface area contributed by atoms with Gasteiger partial charge in [0, 0.05) is 13.1 Å². The lowest BCUT2D eigenvalue weighted by atomic mass is 9.67. The van der Waals surface area contributed by atoms with Crippen molar-refractivity contribution in [2.45, 2.75) is 39.2 Å². The molecule has 1 aromatic carbocycles. The van der Waals surface area contributed by atoms with Crippen molar-refractivity contribution in [1.82, 2.24) is 10.6 Å². The second kappa shape index (κ2) is 6.71. The number of benzene rings is 1. The molecular formula is C16H24N2O. The Morgan fingerprint density at radius 1 is 1.26 bits per heavy atom. The van der Waals surface area contributed by atoms with Gasteiger partial charge in [-0.05, 0) is 30.2 Å². The van der Waals surface area contributed by atoms with E-state index in [1.54, 1.807) is 0 Å². The van der Waals surface area contributed by atoms with E-state index in [4.69, 9.17) is 0 Å². The summed E-state index contributed by atoms with van der Waals surface area (Å²) in [5.41, 5.74) is 1.61. The number of carbonyl (C=O) groups is 1. The summed E-state index contributed by atoms with van der Waals surface area (Å²) in [6.45, 7) is 4.26. The van der Waals surface area contributed by atoms with Gasteiger partial charge in [0.25, 0.3) is 0 Å². The van der Waals surface area contributed by atoms with E-state index in [2.05, 4.69) is 17.6 Å². The lowest BCUT2D eigenvalue weighted by molar-refractivity contribution is -0.120. The molecule has 0 spiro atoms. The highest BCUT2D eigenvalue weighted by Gasteiger charge is 2.34. The van der Waals surface area contributed by atoms with Crippen molar-refractivity contribution in [2.24, 2.45) is 5.41 Å². The summed E-state index contributed by atoms with van der Waals surface area (Å²) in [6.07, 6.45) is 5.17. The first kappa shape index (κ1) is 14.1. The smallest absolute Gasteiger partial charge is 0.234 e. The molecule has 1 fully saturated rings. The first-order chi connectivity index (χ1) is 9.24. The number of rotatable bonds is 7. The Balaban J connectivity index is 1.62. The van der Waals surface area contributed by atoms with Gasteiger partial charge in [0.1, 0.15) is 0 Å². The van der Waals surface area contributed by atoms with Crippen LogP contribution >= 0.6 is 0 Å². The van der Waals surface area contributed by atoms with Gasteiger partial charge in [-0.25, -0.2) is 0 Å². The van der Waals surface area contributed by atoms with Crippen LogP contribution in [0.15, 0.2) is 30.3 Å². The topological polar surface area (TPSA) is 41.1 Å². The van der Waals surface area contributed by atoms with E-state index in [1.807, 2.05) is 30.3 Å². The summed E-state index contributed by atoms with van der Waals surface area (Å²) in [4.78, 5) is 11.7. The molecule has 0 aliphatic heterocycles. The molecule has 2 N–H and O–H groups in total. The first-order valence-corrected chi connectivity index (χ1v) is 7.25. The molecule has 1 amide bonds. The number of nitrogens with one attached hydrogen (secondary N) is 2. The molecule has 19 heavy (non-hydrogen) atoms. The Kier molecular flexibility index (Phi) is 4.97. The molecule has 1 saturated carbocycles. The molecule has 3 heteroatoms. The molecule has 1 aliphatic rings. The molecule has 3 nitrogen and oxygen atoms in total. The zero-order chi connectivity index (χ0) is 13.6. The van der Waals surface area contributed by atoms with E-state index in [0.717, 1.165) is 12.1 Å². The zero-order valence-corrected chi connectivity index (χ0v) is 11.7. The highest BCUT2D eigenvalue weighted by Crippen LogP contribution is 2.42. The molecule has 0 unspecified atom stereocenters. The van der Waals surface area contributed by atoms with Crippen LogP contribution in [0.2, 0.25) is 0 Å². The monoisotopic (exact) mass is 260 g/mol. The third-order valence-corrected chi connectivity index (χ3v) is 4.28. The van der Waals surface area contributed by atoms with Crippen LogP contribution in [0, 0.1) is 5.41 Å². The molecule has 1 aromatic rings. The summed E-state index contributed by atoms with van der Waals surface area (Å²) in [6, 6.07) is 10.0. The van der Waals surface area contributed by atoms with Gasteiger partial charge in [-0.3, -0.25) is 4.79 Å². The quantitative estimate of drug-likeness (QED) is 0.791. The van der Waals surface area contributed by atoms with Crippen molar-refractivity contribution in [3.8, 4) is 0 Å². The predicted molar refractivity (Wildman–Crippen MR) is 77.7 cm³/mol. The average Bonchev–Trinajstić information content (AvgIpc) is 2.41. The van der Waals surface area contributed by atoms with Crippen molar-refractivity contribution in [3.63, 3.8) is 0 Å². The number of hydrogen-bond acceptors (Lipinski definition) is 2. The van der Waals surface area contributed by atoms with Crippen LogP contribution < -0.4 is 10.6 Å². The predicted octanol–water partition coefficient (Wildman–Crippen LogP) is 2.47. The molecule has 104 valence electrons. The third kappa shape index (κ3) is 4.06. The molecule has 0 atom stereocenters. The Labute approximate surface area is 115 Å². The van der Waals surface area contributed by atoms with Crippen molar-refractivity contribution in [3.05, 3.63) is 35.9 Å². The SMILES string of the molecule is CCC1(CNCC(=O)NCc2ccccc2)CCC1. The minimum atomic E-state index is 0.0782. The lowest BCUT2D eigenvalue weighted by Gasteiger charge is -2.41. The van der Waals surface area contributed by atoms with Gasteiger partial charge in [-0.1, -0.05) is 43.7 Å². The largest absolute Gasteiger partial charge is 0.351 e. The number of amides is 1. The van der Waals surface area contributed by atoms with Gasteiger partial charge in [0.2, 0.25) is 5.91 Å². The molecule has 0 saturated heterocycles. The summed E-state index contributed by atoms with van der Waals surface area (Å²) in [7, 11) is 0. The molecule has 0 heterocycles. The molecule has 0 radical (unpaired) electrons. The van der Waals surface area contributed by atoms with Crippen LogP contribution in [0.5, 0.6) is 0 Å². The number of carbonyl (C=O) groups excluding carboxylic acids is 1. The van der Waals surface area contributed by atoms with E-state index >= 15 is 0 Å². The Hall–Kier alpha value is -1.35. The maximum Gasteiger partial charge on any atom is 0.234 e. The molecule has 0 aromatic heterocycles. The second-order valence-electron chi connectivity index (χ2n) is 5.57. The maximum atomic E-state index is 11.7. The summed E-state index contributed by atoms with van der Waals surface area (Å²) >= 11 is 0. The van der Waals surface area contributed by atoms with Crippen LogP contribution in [0.3, 0.4) is 0 Å². The summed E-state index contributed by atoms with van der Waals surface area (Å²) in [5.74, 6) is 0.0782. The van der Waals surface area contributed by atoms with Crippen LogP contribution in [0.1, 0.15) is 38.2 Å². The van der Waals surface area contributed by atoms with Gasteiger partial charge in [0.15, 0.2) is 0 Å². The standard InChI is InChI=1S/C16H24N2O/c1-2-16(9-6-10-16)13-17-12-15(19)18-11-14-7-4-3-5-8-14/h3-5,7-8,17H,2,6,9-13H2,1H3,(H,18,19). The van der Waals surface area contributed by atoms with Gasteiger partial charge in [0.05, 0.1) is 6.54 Å². The van der Waals surface area contributed by atoms with Crippen LogP contribution in [0.4, 0.5) is 0 Å². The summed E-state index contributed by atoms with van der Waals surface area (Å²) in [5, 5.41) is 6.24. The fraction of sp³-hybridized carbons (Fsp3) is 0.562. The van der Waals surface area contributed by atoms with Crippen LogP contribution in [0.25, 0.3) is 0 Å². The van der Waals surface area contributed by atoms with Crippen LogP contribution in [-0.2, 0) is 11.3 Å². The van der Waals surface area contributed by atoms with Crippen molar-refractivity contribution in [1.29, 1.82) is 0 Å². The van der Waals surface area contributed by atoms with Crippen LogP contribution in [-0.4, -0.2) is 19.0 Å². The van der Waals surface area contributed by atoms with Crippen molar-refractivity contribution >= 4 is 5.91 Å². The normalized spacial score (nSPS) is 16.7. The molecule has 2 rings (SSSR count). The second-order valence-corrected chi connectivity index (χ2v) is 5.57. The van der Waals surface area contributed by atoms with Gasteiger partial charge in [-0.15, -0.1) is 0 Å². The third-order valence-electron chi connectivity index (χ3n) is 4.28. The Morgan fingerprint density at radius 3 is 2.58 bits per heavy atom. The fourth-order valence-corrected chi connectivity index (χ4v) is 2.63. The Morgan fingerprint density at radius 2 is 2.00 bits per heavy atom. The van der Waals surface area contributed by atoms with Gasteiger partial charge in [-0.2, -0.15) is 0 Å². The fourth-order valence-electron chi connectivity index (χ4n) is 2.63. The van der Waals surface area contributed by atoms with Gasteiger partial charge < -0.3 is 10.6 Å². The van der Waals surface area contributed by atoms with E-state index in [0.29, 0.717) is 18.5 Å². The van der Waals surface area contributed by atoms with E-state index in [1.165, 1.54) is 25.7 Å². The highest BCUT2D eigenvalue weighted by molar-refractivity contribution is 5.77. The average molecular weight is 260 g/mol. The summed E-state index contributed by atoms with van der Waals surface area (Å²) < 4.78 is 0.